The zero-order chi connectivity index (χ0) is 57.7. The number of phenolic OH excluding ortho intramolecular Hbond substituents is 1. The fourth-order valence-corrected chi connectivity index (χ4v) is 11.2. The molecule has 416 valence electrons. The van der Waals surface area contributed by atoms with E-state index in [0.717, 1.165) is 83.6 Å². The van der Waals surface area contributed by atoms with Crippen LogP contribution in [0.2, 0.25) is 0 Å². The first kappa shape index (κ1) is 57.4. The molecule has 0 bridgehead atoms. The van der Waals surface area contributed by atoms with Gasteiger partial charge in [0.1, 0.15) is 11.6 Å². The van der Waals surface area contributed by atoms with Crippen LogP contribution in [-0.4, -0.2) is 24.2 Å². The number of phenols is 1. The molecule has 0 aliphatic rings. The van der Waals surface area contributed by atoms with E-state index in [1.807, 2.05) is 12.3 Å². The Bertz CT molecular complexity index is 4260. The zero-order valence-corrected chi connectivity index (χ0v) is 52.4. The minimum atomic E-state index is -0.268. The van der Waals surface area contributed by atoms with Gasteiger partial charge in [0.25, 0.3) is 0 Å². The molecule has 0 atom stereocenters. The first-order valence-corrected chi connectivity index (χ1v) is 28.4. The van der Waals surface area contributed by atoms with Crippen LogP contribution in [0.4, 0.5) is 5.69 Å². The Morgan fingerprint density at radius 2 is 1.01 bits per heavy atom. The second-order valence-corrected chi connectivity index (χ2v) is 27.3. The third kappa shape index (κ3) is 10.8. The van der Waals surface area contributed by atoms with Gasteiger partial charge in [-0.1, -0.05) is 218 Å². The predicted molar refractivity (Wildman–Crippen MR) is 341 cm³/mol. The van der Waals surface area contributed by atoms with Crippen molar-refractivity contribution in [2.45, 2.75) is 131 Å². The molecule has 11 rings (SSSR count). The van der Waals surface area contributed by atoms with Crippen molar-refractivity contribution in [1.29, 1.82) is 0 Å². The molecule has 3 heterocycles. The van der Waals surface area contributed by atoms with Gasteiger partial charge in [-0.25, -0.2) is 9.83 Å². The van der Waals surface area contributed by atoms with Crippen molar-refractivity contribution in [2.24, 2.45) is 0 Å². The van der Waals surface area contributed by atoms with E-state index in [1.54, 1.807) is 12.1 Å². The molecule has 11 aromatic rings. The quantitative estimate of drug-likeness (QED) is 0.162. The van der Waals surface area contributed by atoms with Gasteiger partial charge in [-0.15, -0.1) is 29.3 Å². The first-order valence-electron chi connectivity index (χ1n) is 28.4. The van der Waals surface area contributed by atoms with Gasteiger partial charge < -0.3 is 9.67 Å². The SMILES string of the molecule is [C-]#[N+]c1ccc(-c2nc3c(-c4[c-]c(-c5cc(-c6cccc7c8ccccc8n(-c8ccccc8)c67)ccn5)cc(C(C)(C)C)c4)cc(-c4cc(C(C)(C)C)cc(C(C)(C)C)c4)cc3n2-c2cc(C(C)(C)C)cc(C(C)(C)C)c2)c(O)c1.[Pt]. The van der Waals surface area contributed by atoms with Gasteiger partial charge in [-0.05, 0) is 115 Å². The first-order chi connectivity index (χ1) is 38.1. The van der Waals surface area contributed by atoms with Crippen LogP contribution in [0, 0.1) is 12.6 Å². The van der Waals surface area contributed by atoms with E-state index in [0.29, 0.717) is 17.1 Å². The van der Waals surface area contributed by atoms with Crippen molar-refractivity contribution in [2.75, 3.05) is 0 Å². The number of fused-ring (bicyclic) bond motifs is 4. The van der Waals surface area contributed by atoms with Crippen LogP contribution < -0.4 is 0 Å². The van der Waals surface area contributed by atoms with E-state index >= 15 is 0 Å². The smallest absolute Gasteiger partial charge is 0.190 e. The number of benzene rings is 8. The Balaban J connectivity index is 0.00000753. The van der Waals surface area contributed by atoms with E-state index in [4.69, 9.17) is 16.5 Å². The molecule has 8 aromatic carbocycles. The molecule has 0 amide bonds. The summed E-state index contributed by atoms with van der Waals surface area (Å²) in [6, 6.07) is 62.6. The number of hydrogen-bond acceptors (Lipinski definition) is 3. The molecule has 0 fully saturated rings. The average Bonchev–Trinajstić information content (AvgIpc) is 2.36. The maximum atomic E-state index is 12.0. The van der Waals surface area contributed by atoms with Crippen LogP contribution in [-0.2, 0) is 48.1 Å². The maximum absolute atomic E-state index is 12.0. The molecule has 6 nitrogen and oxygen atoms in total. The molecule has 1 N–H and O–H groups in total. The number of pyridine rings is 1. The van der Waals surface area contributed by atoms with Crippen LogP contribution in [0.25, 0.3) is 105 Å². The van der Waals surface area contributed by atoms with Crippen LogP contribution in [0.15, 0.2) is 170 Å². The molecule has 0 saturated carbocycles. The van der Waals surface area contributed by atoms with Gasteiger partial charge in [0.2, 0.25) is 0 Å². The van der Waals surface area contributed by atoms with E-state index < -0.39 is 0 Å². The number of nitrogens with zero attached hydrogens (tertiary/aromatic N) is 5. The van der Waals surface area contributed by atoms with Gasteiger partial charge in [-0.2, -0.15) is 0 Å². The molecule has 0 saturated heterocycles. The monoisotopic (exact) mass is 1260 g/mol. The predicted octanol–water partition coefficient (Wildman–Crippen LogP) is 20.4. The Morgan fingerprint density at radius 3 is 1.62 bits per heavy atom. The normalized spacial score (nSPS) is 12.5. The van der Waals surface area contributed by atoms with Crippen molar-refractivity contribution in [3.05, 3.63) is 215 Å². The minimum absolute atomic E-state index is 0. The van der Waals surface area contributed by atoms with Crippen LogP contribution in [0.5, 0.6) is 5.75 Å². The summed E-state index contributed by atoms with van der Waals surface area (Å²) in [7, 11) is 0. The van der Waals surface area contributed by atoms with Crippen molar-refractivity contribution < 1.29 is 26.2 Å². The number of rotatable bonds is 7. The van der Waals surface area contributed by atoms with Gasteiger partial charge >= 0.3 is 0 Å². The molecule has 3 aromatic heterocycles. The third-order valence-corrected chi connectivity index (χ3v) is 16.1. The van der Waals surface area contributed by atoms with Crippen molar-refractivity contribution in [1.82, 2.24) is 19.1 Å². The molecule has 82 heavy (non-hydrogen) atoms. The minimum Gasteiger partial charge on any atom is -0.509 e. The van der Waals surface area contributed by atoms with Crippen LogP contribution in [0.3, 0.4) is 0 Å². The summed E-state index contributed by atoms with van der Waals surface area (Å²) in [5.74, 6) is 0.567. The largest absolute Gasteiger partial charge is 0.509 e. The van der Waals surface area contributed by atoms with E-state index in [-0.39, 0.29) is 53.9 Å². The van der Waals surface area contributed by atoms with Crippen molar-refractivity contribution in [3.8, 4) is 73.2 Å². The second-order valence-electron chi connectivity index (χ2n) is 27.3. The standard InChI is InChI=1S/C75H74N5O.Pt/c1-71(2,3)51-36-49(33-50(37-51)64-39-46(31-32-77-64)59-26-22-27-61-60-25-20-21-28-65(60)79(69(59)61)57-23-18-17-19-24-57)63-38-48(47-34-52(72(4,5)6)41-53(35-47)73(7,8)9)40-66-68(63)78-70(62-30-29-56(76-16)45-67(62)81)80(66)58-43-54(74(10,11)12)42-55(44-58)75(13,14)15;/h17-32,34-45,81H,1-15H3;/q-1;. The van der Waals surface area contributed by atoms with Gasteiger partial charge in [0, 0.05) is 60.7 Å². The van der Waals surface area contributed by atoms with Crippen LogP contribution in [0.1, 0.15) is 132 Å². The van der Waals surface area contributed by atoms with Gasteiger partial charge in [0.15, 0.2) is 5.69 Å². The van der Waals surface area contributed by atoms with Crippen LogP contribution >= 0.6 is 0 Å². The van der Waals surface area contributed by atoms with Gasteiger partial charge in [0.05, 0.1) is 34.2 Å². The Labute approximate surface area is 500 Å². The summed E-state index contributed by atoms with van der Waals surface area (Å²) in [5.41, 5.74) is 19.8. The fourth-order valence-electron chi connectivity index (χ4n) is 11.2. The number of imidazole rings is 1. The molecule has 0 spiro atoms. The molecular weight excluding hydrogens is 1180 g/mol. The summed E-state index contributed by atoms with van der Waals surface area (Å²) in [4.78, 5) is 14.5. The maximum Gasteiger partial charge on any atom is 0.190 e. The second kappa shape index (κ2) is 20.9. The molecule has 0 radical (unpaired) electrons. The Morgan fingerprint density at radius 1 is 0.451 bits per heavy atom. The number of hydrogen-bond donors (Lipinski definition) is 1. The molecule has 0 aliphatic heterocycles. The van der Waals surface area contributed by atoms with Crippen molar-refractivity contribution >= 4 is 38.5 Å². The molecule has 7 heteroatoms. The summed E-state index contributed by atoms with van der Waals surface area (Å²) >= 11 is 0. The fraction of sp³-hybridized carbons (Fsp3) is 0.267. The van der Waals surface area contributed by atoms with Gasteiger partial charge in [-0.3, -0.25) is 9.55 Å². The summed E-state index contributed by atoms with van der Waals surface area (Å²) < 4.78 is 4.63. The van der Waals surface area contributed by atoms with Crippen molar-refractivity contribution in [3.63, 3.8) is 0 Å². The number of para-hydroxylation sites is 3. The number of aromatic hydroxyl groups is 1. The molecule has 0 aliphatic carbocycles. The zero-order valence-electron chi connectivity index (χ0n) is 50.2. The third-order valence-electron chi connectivity index (χ3n) is 16.1. The summed E-state index contributed by atoms with van der Waals surface area (Å²) in [5, 5.41) is 14.4. The van der Waals surface area contributed by atoms with E-state index in [9.17, 15) is 5.11 Å². The van der Waals surface area contributed by atoms with E-state index in [2.05, 4.69) is 269 Å². The summed E-state index contributed by atoms with van der Waals surface area (Å²) in [6.07, 6.45) is 1.93. The Kier molecular flexibility index (Phi) is 14.6. The Hall–Kier alpha value is -7.84. The summed E-state index contributed by atoms with van der Waals surface area (Å²) in [6.45, 7) is 41.9. The average molecular weight is 1260 g/mol. The number of aromatic nitrogens is 4. The molecule has 0 unspecified atom stereocenters. The molecular formula is C75H74N5OPt-. The van der Waals surface area contributed by atoms with E-state index in [1.165, 1.54) is 33.0 Å². The topological polar surface area (TPSA) is 60.2 Å².